The molecule has 0 aliphatic rings. The molecule has 0 fully saturated rings. The fraction of sp³-hybridized carbons (Fsp3) is 0.150. The van der Waals surface area contributed by atoms with Gasteiger partial charge in [0.25, 0.3) is 17.5 Å². The van der Waals surface area contributed by atoms with Gasteiger partial charge in [-0.3, -0.25) is 24.5 Å². The summed E-state index contributed by atoms with van der Waals surface area (Å²) in [5, 5.41) is 24.7. The molecule has 0 saturated carbocycles. The Morgan fingerprint density at radius 2 is 1.83 bits per heavy atom. The van der Waals surface area contributed by atoms with E-state index in [2.05, 4.69) is 26.6 Å². The lowest BCUT2D eigenvalue weighted by atomic mass is 10.1. The Labute approximate surface area is 180 Å². The highest BCUT2D eigenvalue weighted by Crippen LogP contribution is 2.16. The van der Waals surface area contributed by atoms with Gasteiger partial charge in [0, 0.05) is 35.1 Å². The monoisotopic (exact) mass is 475 g/mol. The number of nitro benzene ring substituents is 1. The van der Waals surface area contributed by atoms with Gasteiger partial charge in [-0.2, -0.15) is 0 Å². The number of nitro groups is 1. The molecular weight excluding hydrogens is 458 g/mol. The van der Waals surface area contributed by atoms with Crippen LogP contribution in [-0.4, -0.2) is 34.4 Å². The number of amides is 2. The van der Waals surface area contributed by atoms with Gasteiger partial charge in [0.15, 0.2) is 0 Å². The van der Waals surface area contributed by atoms with Gasteiger partial charge in [0.2, 0.25) is 0 Å². The first-order valence-electron chi connectivity index (χ1n) is 8.79. The van der Waals surface area contributed by atoms with E-state index in [0.717, 1.165) is 4.47 Å². The third-order valence-corrected chi connectivity index (χ3v) is 4.37. The van der Waals surface area contributed by atoms with Crippen LogP contribution in [0.15, 0.2) is 58.7 Å². The molecule has 30 heavy (non-hydrogen) atoms. The molecule has 2 rings (SSSR count). The fourth-order valence-electron chi connectivity index (χ4n) is 2.39. The van der Waals surface area contributed by atoms with Crippen LogP contribution >= 0.6 is 15.9 Å². The van der Waals surface area contributed by atoms with Crippen LogP contribution in [0.1, 0.15) is 28.8 Å². The number of carboxylic acid groups (broad SMARTS) is 1. The van der Waals surface area contributed by atoms with Crippen LogP contribution < -0.4 is 10.6 Å². The highest BCUT2D eigenvalue weighted by Gasteiger charge is 2.15. The summed E-state index contributed by atoms with van der Waals surface area (Å²) in [7, 11) is 0. The number of hydrogen-bond acceptors (Lipinski definition) is 5. The van der Waals surface area contributed by atoms with E-state index in [1.165, 1.54) is 24.3 Å². The molecule has 2 amide bonds. The SMILES string of the molecule is O=C(O)CCCNC(=O)/C(=C\c1cccc([N+](=O)[O-])c1)NC(=O)c1ccc(Br)cc1. The number of non-ortho nitro benzene ring substituents is 1. The van der Waals surface area contributed by atoms with Crippen LogP contribution in [0.25, 0.3) is 6.08 Å². The van der Waals surface area contributed by atoms with Crippen molar-refractivity contribution in [2.45, 2.75) is 12.8 Å². The van der Waals surface area contributed by atoms with Crippen LogP contribution in [0.4, 0.5) is 5.69 Å². The molecule has 156 valence electrons. The molecule has 2 aromatic carbocycles. The van der Waals surface area contributed by atoms with Gasteiger partial charge in [-0.15, -0.1) is 0 Å². The minimum Gasteiger partial charge on any atom is -0.481 e. The summed E-state index contributed by atoms with van der Waals surface area (Å²) in [4.78, 5) is 46.1. The summed E-state index contributed by atoms with van der Waals surface area (Å²) < 4.78 is 0.780. The average molecular weight is 476 g/mol. The lowest BCUT2D eigenvalue weighted by Gasteiger charge is -2.11. The number of carbonyl (C=O) groups excluding carboxylic acids is 2. The van der Waals surface area contributed by atoms with Crippen molar-refractivity contribution in [3.8, 4) is 0 Å². The van der Waals surface area contributed by atoms with Gasteiger partial charge in [0.05, 0.1) is 4.92 Å². The smallest absolute Gasteiger partial charge is 0.303 e. The van der Waals surface area contributed by atoms with E-state index >= 15 is 0 Å². The molecule has 0 bridgehead atoms. The normalized spacial score (nSPS) is 10.9. The van der Waals surface area contributed by atoms with E-state index in [-0.39, 0.29) is 30.8 Å². The van der Waals surface area contributed by atoms with Crippen LogP contribution in [0.2, 0.25) is 0 Å². The van der Waals surface area contributed by atoms with Gasteiger partial charge in [-0.25, -0.2) is 0 Å². The minimum absolute atomic E-state index is 0.0889. The summed E-state index contributed by atoms with van der Waals surface area (Å²) in [6, 6.07) is 12.1. The first kappa shape index (κ1) is 22.8. The highest BCUT2D eigenvalue weighted by atomic mass is 79.9. The van der Waals surface area contributed by atoms with Crippen molar-refractivity contribution in [2.24, 2.45) is 0 Å². The van der Waals surface area contributed by atoms with E-state index in [9.17, 15) is 24.5 Å². The van der Waals surface area contributed by atoms with Gasteiger partial charge >= 0.3 is 5.97 Å². The summed E-state index contributed by atoms with van der Waals surface area (Å²) in [5.74, 6) is -2.17. The van der Waals surface area contributed by atoms with Crippen molar-refractivity contribution in [3.05, 3.63) is 79.9 Å². The standard InChI is InChI=1S/C20H18BrN3O6/c21-15-8-6-14(7-9-15)19(27)23-17(20(28)22-10-2-5-18(25)26)12-13-3-1-4-16(11-13)24(29)30/h1,3-4,6-9,11-12H,2,5,10H2,(H,22,28)(H,23,27)(H,25,26)/b17-12+. The third kappa shape index (κ3) is 7.13. The maximum Gasteiger partial charge on any atom is 0.303 e. The van der Waals surface area contributed by atoms with E-state index < -0.39 is 22.7 Å². The zero-order valence-corrected chi connectivity index (χ0v) is 17.2. The lowest BCUT2D eigenvalue weighted by molar-refractivity contribution is -0.384. The summed E-state index contributed by atoms with van der Waals surface area (Å²) in [6.07, 6.45) is 1.41. The molecular formula is C20H18BrN3O6. The number of halogens is 1. The Balaban J connectivity index is 2.24. The first-order chi connectivity index (χ1) is 14.3. The molecule has 0 heterocycles. The van der Waals surface area contributed by atoms with Crippen molar-refractivity contribution in [1.82, 2.24) is 10.6 Å². The molecule has 0 aliphatic carbocycles. The van der Waals surface area contributed by atoms with Crippen molar-refractivity contribution < 1.29 is 24.4 Å². The quantitative estimate of drug-likeness (QED) is 0.220. The number of aliphatic carboxylic acids is 1. The zero-order valence-electron chi connectivity index (χ0n) is 15.6. The molecule has 3 N–H and O–H groups in total. The fourth-order valence-corrected chi connectivity index (χ4v) is 2.65. The molecule has 0 atom stereocenters. The first-order valence-corrected chi connectivity index (χ1v) is 9.58. The molecule has 0 aliphatic heterocycles. The largest absolute Gasteiger partial charge is 0.481 e. The van der Waals surface area contributed by atoms with E-state index in [4.69, 9.17) is 5.11 Å². The molecule has 0 radical (unpaired) electrons. The second-order valence-corrected chi connectivity index (χ2v) is 7.04. The molecule has 2 aromatic rings. The Bertz CT molecular complexity index is 988. The van der Waals surface area contributed by atoms with E-state index in [1.54, 1.807) is 30.3 Å². The van der Waals surface area contributed by atoms with Gasteiger partial charge in [-0.05, 0) is 42.3 Å². The molecule has 0 aromatic heterocycles. The van der Waals surface area contributed by atoms with Crippen LogP contribution in [-0.2, 0) is 9.59 Å². The highest BCUT2D eigenvalue weighted by molar-refractivity contribution is 9.10. The molecule has 0 saturated heterocycles. The summed E-state index contributed by atoms with van der Waals surface area (Å²) in [5.41, 5.74) is 0.362. The Hall–Kier alpha value is -3.53. The van der Waals surface area contributed by atoms with E-state index in [0.29, 0.717) is 11.1 Å². The topological polar surface area (TPSA) is 139 Å². The Morgan fingerprint density at radius 1 is 1.13 bits per heavy atom. The Morgan fingerprint density at radius 3 is 2.47 bits per heavy atom. The minimum atomic E-state index is -0.986. The van der Waals surface area contributed by atoms with Crippen molar-refractivity contribution >= 4 is 45.5 Å². The van der Waals surface area contributed by atoms with Crippen molar-refractivity contribution in [1.29, 1.82) is 0 Å². The number of benzene rings is 2. The predicted molar refractivity (Wildman–Crippen MR) is 113 cm³/mol. The molecule has 0 spiro atoms. The lowest BCUT2D eigenvalue weighted by Crippen LogP contribution is -2.35. The number of carbonyl (C=O) groups is 3. The number of nitrogens with zero attached hydrogens (tertiary/aromatic N) is 1. The van der Waals surface area contributed by atoms with Gasteiger partial charge in [0.1, 0.15) is 5.70 Å². The zero-order chi connectivity index (χ0) is 22.1. The van der Waals surface area contributed by atoms with Crippen molar-refractivity contribution in [3.63, 3.8) is 0 Å². The van der Waals surface area contributed by atoms with Gasteiger partial charge in [-0.1, -0.05) is 28.1 Å². The molecule has 10 heteroatoms. The van der Waals surface area contributed by atoms with E-state index in [1.807, 2.05) is 0 Å². The third-order valence-electron chi connectivity index (χ3n) is 3.84. The number of hydrogen-bond donors (Lipinski definition) is 3. The summed E-state index contributed by atoms with van der Waals surface area (Å²) in [6.45, 7) is 0.0889. The second kappa shape index (κ2) is 10.9. The second-order valence-electron chi connectivity index (χ2n) is 6.12. The number of rotatable bonds is 9. The molecule has 9 nitrogen and oxygen atoms in total. The van der Waals surface area contributed by atoms with Crippen LogP contribution in [0.5, 0.6) is 0 Å². The predicted octanol–water partition coefficient (Wildman–Crippen LogP) is 3.11. The summed E-state index contributed by atoms with van der Waals surface area (Å²) >= 11 is 3.27. The number of nitrogens with one attached hydrogen (secondary N) is 2. The van der Waals surface area contributed by atoms with Crippen LogP contribution in [0, 0.1) is 10.1 Å². The Kier molecular flexibility index (Phi) is 8.24. The van der Waals surface area contributed by atoms with Gasteiger partial charge < -0.3 is 15.7 Å². The maximum absolute atomic E-state index is 12.5. The van der Waals surface area contributed by atoms with Crippen molar-refractivity contribution in [2.75, 3.05) is 6.54 Å². The van der Waals surface area contributed by atoms with Crippen LogP contribution in [0.3, 0.4) is 0 Å². The maximum atomic E-state index is 12.5. The average Bonchev–Trinajstić information content (AvgIpc) is 2.71. The number of carboxylic acids is 1. The molecule has 0 unspecified atom stereocenters.